The van der Waals surface area contributed by atoms with Crippen LogP contribution in [0.4, 0.5) is 5.69 Å². The third kappa shape index (κ3) is 1.48. The van der Waals surface area contributed by atoms with Crippen LogP contribution in [0.25, 0.3) is 0 Å². The van der Waals surface area contributed by atoms with Gasteiger partial charge in [-0.25, -0.2) is 4.99 Å². The molecule has 0 aliphatic carbocycles. The van der Waals surface area contributed by atoms with Crippen LogP contribution in [0, 0.1) is 0 Å². The maximum absolute atomic E-state index is 11.2. The molecule has 1 unspecified atom stereocenters. The molecule has 1 aliphatic rings. The van der Waals surface area contributed by atoms with E-state index in [-0.39, 0.29) is 9.40 Å². The molecule has 1 aromatic rings. The maximum Gasteiger partial charge on any atom is 0.324 e. The van der Waals surface area contributed by atoms with E-state index in [1.807, 2.05) is 0 Å². The van der Waals surface area contributed by atoms with Crippen molar-refractivity contribution in [1.29, 1.82) is 0 Å². The van der Waals surface area contributed by atoms with Crippen molar-refractivity contribution in [1.82, 2.24) is 0 Å². The molecule has 1 aromatic carbocycles. The second-order valence-electron chi connectivity index (χ2n) is 2.75. The first-order valence-electron chi connectivity index (χ1n) is 3.71. The van der Waals surface area contributed by atoms with Crippen LogP contribution < -0.4 is 0 Å². The number of hydrogen-bond donors (Lipinski definition) is 1. The summed E-state index contributed by atoms with van der Waals surface area (Å²) in [6.45, 7) is 0. The predicted octanol–water partition coefficient (Wildman–Crippen LogP) is 3.05. The third-order valence-electron chi connectivity index (χ3n) is 1.86. The summed E-state index contributed by atoms with van der Waals surface area (Å²) in [6.07, 6.45) is 0. The Hall–Kier alpha value is -0.270. The normalized spacial score (nSPS) is 29.1. The van der Waals surface area contributed by atoms with Gasteiger partial charge in [-0.2, -0.15) is 8.42 Å². The van der Waals surface area contributed by atoms with Gasteiger partial charge in [-0.1, -0.05) is 23.7 Å². The van der Waals surface area contributed by atoms with Crippen LogP contribution in [0.2, 0.25) is 0 Å². The van der Waals surface area contributed by atoms with Crippen LogP contribution in [0.1, 0.15) is 0 Å². The first kappa shape index (κ1) is 11.2. The minimum absolute atomic E-state index is 0.249. The Morgan fingerprint density at radius 2 is 1.93 bits per heavy atom. The summed E-state index contributed by atoms with van der Waals surface area (Å²) >= 11 is 5.69. The molecule has 1 heterocycles. The van der Waals surface area contributed by atoms with Crippen LogP contribution in [0.3, 0.4) is 0 Å². The van der Waals surface area contributed by atoms with Gasteiger partial charge in [-0.3, -0.25) is 4.55 Å². The molecule has 0 saturated carbocycles. The van der Waals surface area contributed by atoms with Crippen molar-refractivity contribution in [2.75, 3.05) is 0 Å². The molecule has 0 radical (unpaired) electrons. The molecule has 15 heavy (non-hydrogen) atoms. The zero-order valence-electron chi connectivity index (χ0n) is 7.09. The van der Waals surface area contributed by atoms with Gasteiger partial charge >= 0.3 is 9.15 Å². The molecule has 2 rings (SSSR count). The Balaban J connectivity index is 2.78. The number of fused-ring (bicyclic) bond motifs is 1. The second-order valence-corrected chi connectivity index (χ2v) is 10.7. The fourth-order valence-corrected chi connectivity index (χ4v) is 5.94. The van der Waals surface area contributed by atoms with E-state index in [2.05, 4.69) is 4.99 Å². The highest BCUT2D eigenvalue weighted by Gasteiger charge is 2.47. The monoisotopic (exact) mass is 285 g/mol. The molecule has 4 nitrogen and oxygen atoms in total. The van der Waals surface area contributed by atoms with E-state index in [0.29, 0.717) is 5.69 Å². The predicted molar refractivity (Wildman–Crippen MR) is 62.6 cm³/mol. The van der Waals surface area contributed by atoms with Crippen LogP contribution in [-0.4, -0.2) is 17.5 Å². The molecule has 0 saturated heterocycles. The zero-order valence-corrected chi connectivity index (χ0v) is 10.2. The highest BCUT2D eigenvalue weighted by atomic mass is 35.8. The summed E-state index contributed by atoms with van der Waals surface area (Å²) in [7, 11) is -1.71. The molecule has 0 bridgehead atoms. The fourth-order valence-electron chi connectivity index (χ4n) is 1.22. The highest BCUT2D eigenvalue weighted by Crippen LogP contribution is 2.72. The van der Waals surface area contributed by atoms with Gasteiger partial charge in [0.15, 0.2) is 4.50 Å². The van der Waals surface area contributed by atoms with E-state index in [1.54, 1.807) is 18.2 Å². The first-order valence-corrected chi connectivity index (χ1v) is 8.50. The van der Waals surface area contributed by atoms with Gasteiger partial charge in [-0.05, 0) is 22.8 Å². The molecule has 82 valence electrons. The number of hydrogen-bond acceptors (Lipinski definition) is 3. The minimum atomic E-state index is -4.48. The van der Waals surface area contributed by atoms with Gasteiger partial charge in [-0.15, -0.1) is 0 Å². The molecule has 0 amide bonds. The quantitative estimate of drug-likeness (QED) is 0.637. The lowest BCUT2D eigenvalue weighted by molar-refractivity contribution is 0.502. The lowest BCUT2D eigenvalue weighted by Gasteiger charge is -2.22. The first-order chi connectivity index (χ1) is 6.87. The average molecular weight is 286 g/mol. The van der Waals surface area contributed by atoms with Crippen molar-refractivity contribution >= 4 is 49.9 Å². The van der Waals surface area contributed by atoms with Gasteiger partial charge in [0.05, 0.1) is 10.6 Å². The van der Waals surface area contributed by atoms with Crippen LogP contribution >= 0.6 is 30.6 Å². The van der Waals surface area contributed by atoms with Crippen molar-refractivity contribution < 1.29 is 13.0 Å². The molecule has 0 aromatic heterocycles. The Bertz CT molecular complexity index is 557. The summed E-state index contributed by atoms with van der Waals surface area (Å²) in [4.78, 5) is 4.07. The lowest BCUT2D eigenvalue weighted by atomic mass is 10.3. The topological polar surface area (TPSA) is 66.7 Å². The van der Waals surface area contributed by atoms with Crippen molar-refractivity contribution in [3.63, 3.8) is 0 Å². The molecule has 1 aliphatic heterocycles. The van der Waals surface area contributed by atoms with Crippen LogP contribution in [-0.2, 0) is 9.15 Å². The molecule has 0 spiro atoms. The Morgan fingerprint density at radius 1 is 1.33 bits per heavy atom. The smallest absolute Gasteiger partial charge is 0.277 e. The Morgan fingerprint density at radius 3 is 2.53 bits per heavy atom. The highest BCUT2D eigenvalue weighted by molar-refractivity contribution is 9.04. The standard InChI is InChI=1S/C7H5Cl2NO3S2/c8-7-10-5-3-1-2-4-6(5)14(7,9)15(11,12)13/h1-4H,(H,11,12,13). The van der Waals surface area contributed by atoms with E-state index in [1.165, 1.54) is 6.07 Å². The Labute approximate surface area is 96.9 Å². The van der Waals surface area contributed by atoms with E-state index in [4.69, 9.17) is 26.8 Å². The van der Waals surface area contributed by atoms with E-state index >= 15 is 0 Å². The van der Waals surface area contributed by atoms with Gasteiger partial charge < -0.3 is 0 Å². The number of benzene rings is 1. The summed E-state index contributed by atoms with van der Waals surface area (Å²) in [5.74, 6) is 0. The van der Waals surface area contributed by atoms with Crippen LogP contribution in [0.15, 0.2) is 34.2 Å². The number of para-hydroxylation sites is 1. The summed E-state index contributed by atoms with van der Waals surface area (Å²) in [5, 5.41) is 0. The lowest BCUT2D eigenvalue weighted by Crippen LogP contribution is -2.09. The molecule has 1 N–H and O–H groups in total. The van der Waals surface area contributed by atoms with Crippen molar-refractivity contribution in [3.05, 3.63) is 24.3 Å². The van der Waals surface area contributed by atoms with Crippen molar-refractivity contribution in [2.45, 2.75) is 4.90 Å². The maximum atomic E-state index is 11.2. The second kappa shape index (κ2) is 3.36. The van der Waals surface area contributed by atoms with E-state index < -0.39 is 17.4 Å². The largest absolute Gasteiger partial charge is 0.324 e. The van der Waals surface area contributed by atoms with Gasteiger partial charge in [0.2, 0.25) is 0 Å². The molecular weight excluding hydrogens is 281 g/mol. The number of aliphatic imine (C=N–C) groups is 1. The average Bonchev–Trinajstić information content (AvgIpc) is 2.40. The molecular formula is C7H5Cl2NO3S2. The zero-order chi connectivity index (χ0) is 11.3. The minimum Gasteiger partial charge on any atom is -0.277 e. The fraction of sp³-hybridized carbons (Fsp3) is 0. The number of nitrogens with zero attached hydrogens (tertiary/aromatic N) is 1. The van der Waals surface area contributed by atoms with Crippen molar-refractivity contribution in [3.8, 4) is 0 Å². The van der Waals surface area contributed by atoms with Crippen molar-refractivity contribution in [2.24, 2.45) is 4.99 Å². The Kier molecular flexibility index (Phi) is 2.51. The summed E-state index contributed by atoms with van der Waals surface area (Å²) in [6, 6.07) is 6.36. The van der Waals surface area contributed by atoms with E-state index in [9.17, 15) is 8.42 Å². The van der Waals surface area contributed by atoms with E-state index in [0.717, 1.165) is 0 Å². The number of rotatable bonds is 1. The molecule has 8 heteroatoms. The van der Waals surface area contributed by atoms with Gasteiger partial charge in [0.25, 0.3) is 0 Å². The summed E-state index contributed by atoms with van der Waals surface area (Å²) in [5.41, 5.74) is 0.380. The molecule has 0 fully saturated rings. The molecule has 1 atom stereocenters. The SMILES string of the molecule is O=S(=O)(O)S1(Cl)C(Cl)=Nc2ccccc21. The van der Waals surface area contributed by atoms with Gasteiger partial charge in [0.1, 0.15) is 0 Å². The van der Waals surface area contributed by atoms with Gasteiger partial charge in [0, 0.05) is 8.27 Å². The summed E-state index contributed by atoms with van der Waals surface area (Å²) < 4.78 is 31.3. The number of halogens is 2. The van der Waals surface area contributed by atoms with Crippen LogP contribution in [0.5, 0.6) is 0 Å². The third-order valence-corrected chi connectivity index (χ3v) is 10.3.